The van der Waals surface area contributed by atoms with E-state index in [1.807, 2.05) is 24.3 Å². The van der Waals surface area contributed by atoms with Gasteiger partial charge in [0.2, 0.25) is 0 Å². The average Bonchev–Trinajstić information content (AvgIpc) is 3.11. The highest BCUT2D eigenvalue weighted by molar-refractivity contribution is 9.10. The molecule has 128 valence electrons. The molecule has 0 fully saturated rings. The number of anilines is 1. The van der Waals surface area contributed by atoms with Crippen LogP contribution in [0.2, 0.25) is 0 Å². The third kappa shape index (κ3) is 3.15. The second kappa shape index (κ2) is 6.48. The van der Waals surface area contributed by atoms with Crippen LogP contribution in [0.3, 0.4) is 0 Å². The van der Waals surface area contributed by atoms with Gasteiger partial charge in [-0.15, -0.1) is 5.10 Å². The molecule has 0 spiro atoms. The van der Waals surface area contributed by atoms with Crippen LogP contribution < -0.4 is 11.1 Å². The Hall–Kier alpha value is -3.01. The lowest BCUT2D eigenvalue weighted by atomic mass is 10.2. The molecule has 0 unspecified atom stereocenters. The maximum absolute atomic E-state index is 12.5. The lowest BCUT2D eigenvalue weighted by Crippen LogP contribution is -2.19. The van der Waals surface area contributed by atoms with Crippen molar-refractivity contribution in [1.82, 2.24) is 25.2 Å². The maximum atomic E-state index is 12.5. The molecule has 0 aliphatic heterocycles. The summed E-state index contributed by atoms with van der Waals surface area (Å²) in [6.07, 6.45) is 0. The van der Waals surface area contributed by atoms with Crippen molar-refractivity contribution in [2.75, 3.05) is 5.32 Å². The van der Waals surface area contributed by atoms with Gasteiger partial charge in [0.05, 0.1) is 22.8 Å². The number of primary amides is 1. The fourth-order valence-corrected chi connectivity index (χ4v) is 2.71. The van der Waals surface area contributed by atoms with Gasteiger partial charge in [0.1, 0.15) is 0 Å². The Morgan fingerprint density at radius 2 is 2.04 bits per heavy atom. The number of nitrogens with zero attached hydrogens (tertiary/aromatic N) is 4. The number of H-pyrrole nitrogens is 1. The van der Waals surface area contributed by atoms with Crippen LogP contribution >= 0.6 is 15.9 Å². The summed E-state index contributed by atoms with van der Waals surface area (Å²) >= 11 is 3.39. The molecule has 10 heteroatoms. The Kier molecular flexibility index (Phi) is 4.36. The standard InChI is InChI=1S/C15H14BrN7O2/c1-7-11(13(14(17)24)20-19-7)18-15(25)12-8(2)23(22-21-12)10-5-3-4-9(16)6-10/h3-6H,1-2H3,(H2,17,24)(H,18,25)(H,19,20). The number of rotatable bonds is 4. The minimum Gasteiger partial charge on any atom is -0.364 e. The number of carbonyl (C=O) groups is 2. The van der Waals surface area contributed by atoms with Crippen molar-refractivity contribution in [2.45, 2.75) is 13.8 Å². The van der Waals surface area contributed by atoms with E-state index in [9.17, 15) is 9.59 Å². The van der Waals surface area contributed by atoms with E-state index in [1.165, 1.54) is 0 Å². The van der Waals surface area contributed by atoms with Gasteiger partial charge in [-0.3, -0.25) is 14.7 Å². The molecule has 2 heterocycles. The minimum atomic E-state index is -0.742. The number of benzene rings is 1. The molecule has 0 aliphatic rings. The third-order valence-electron chi connectivity index (χ3n) is 3.58. The van der Waals surface area contributed by atoms with E-state index < -0.39 is 11.8 Å². The monoisotopic (exact) mass is 403 g/mol. The Balaban J connectivity index is 1.92. The van der Waals surface area contributed by atoms with Gasteiger partial charge in [0, 0.05) is 4.47 Å². The second-order valence-corrected chi connectivity index (χ2v) is 6.22. The number of nitrogens with two attached hydrogens (primary N) is 1. The number of carbonyl (C=O) groups excluding carboxylic acids is 2. The molecule has 4 N–H and O–H groups in total. The molecule has 9 nitrogen and oxygen atoms in total. The topological polar surface area (TPSA) is 132 Å². The zero-order valence-corrected chi connectivity index (χ0v) is 15.0. The molecule has 0 atom stereocenters. The number of aryl methyl sites for hydroxylation is 1. The molecule has 2 aromatic heterocycles. The largest absolute Gasteiger partial charge is 0.364 e. The first kappa shape index (κ1) is 16.8. The number of amides is 2. The molecule has 0 saturated carbocycles. The first-order chi connectivity index (χ1) is 11.9. The van der Waals surface area contributed by atoms with Gasteiger partial charge in [-0.2, -0.15) is 5.10 Å². The van der Waals surface area contributed by atoms with Crippen molar-refractivity contribution in [3.05, 3.63) is 51.5 Å². The van der Waals surface area contributed by atoms with Crippen LogP contribution in [0.25, 0.3) is 5.69 Å². The van der Waals surface area contributed by atoms with E-state index in [2.05, 4.69) is 41.8 Å². The van der Waals surface area contributed by atoms with Crippen LogP contribution in [0.5, 0.6) is 0 Å². The minimum absolute atomic E-state index is 0.0390. The summed E-state index contributed by atoms with van der Waals surface area (Å²) in [6.45, 7) is 3.40. The first-order valence-corrected chi connectivity index (χ1v) is 8.02. The van der Waals surface area contributed by atoms with Crippen LogP contribution in [-0.4, -0.2) is 37.0 Å². The Bertz CT molecular complexity index is 976. The van der Waals surface area contributed by atoms with Crippen LogP contribution in [0.1, 0.15) is 32.4 Å². The number of hydrogen-bond donors (Lipinski definition) is 3. The molecule has 3 rings (SSSR count). The molecule has 2 amide bonds. The molecular weight excluding hydrogens is 390 g/mol. The van der Waals surface area contributed by atoms with Gasteiger partial charge < -0.3 is 11.1 Å². The van der Waals surface area contributed by atoms with Crippen LogP contribution in [0.4, 0.5) is 5.69 Å². The molecule has 0 aliphatic carbocycles. The van der Waals surface area contributed by atoms with Crippen molar-refractivity contribution in [1.29, 1.82) is 0 Å². The van der Waals surface area contributed by atoms with Crippen molar-refractivity contribution < 1.29 is 9.59 Å². The van der Waals surface area contributed by atoms with E-state index in [0.29, 0.717) is 11.4 Å². The van der Waals surface area contributed by atoms with Gasteiger partial charge in [0.25, 0.3) is 11.8 Å². The summed E-state index contributed by atoms with van der Waals surface area (Å²) in [6, 6.07) is 7.44. The molecular formula is C15H14BrN7O2. The van der Waals surface area contributed by atoms with Gasteiger partial charge in [-0.1, -0.05) is 27.2 Å². The Morgan fingerprint density at radius 1 is 1.28 bits per heavy atom. The maximum Gasteiger partial charge on any atom is 0.278 e. The van der Waals surface area contributed by atoms with Crippen molar-refractivity contribution in [3.63, 3.8) is 0 Å². The van der Waals surface area contributed by atoms with E-state index in [4.69, 9.17) is 5.73 Å². The predicted octanol–water partition coefficient (Wildman–Crippen LogP) is 1.72. The van der Waals surface area contributed by atoms with Crippen molar-refractivity contribution in [2.24, 2.45) is 5.73 Å². The van der Waals surface area contributed by atoms with E-state index in [1.54, 1.807) is 18.5 Å². The van der Waals surface area contributed by atoms with E-state index in [-0.39, 0.29) is 17.1 Å². The van der Waals surface area contributed by atoms with Gasteiger partial charge >= 0.3 is 0 Å². The third-order valence-corrected chi connectivity index (χ3v) is 4.07. The zero-order valence-electron chi connectivity index (χ0n) is 13.4. The Morgan fingerprint density at radius 3 is 2.72 bits per heavy atom. The van der Waals surface area contributed by atoms with Crippen LogP contribution in [-0.2, 0) is 0 Å². The molecule has 0 radical (unpaired) electrons. The normalized spacial score (nSPS) is 10.7. The molecule has 1 aromatic carbocycles. The highest BCUT2D eigenvalue weighted by atomic mass is 79.9. The summed E-state index contributed by atoms with van der Waals surface area (Å²) in [5, 5.41) is 17.0. The first-order valence-electron chi connectivity index (χ1n) is 7.23. The fraction of sp³-hybridized carbons (Fsp3) is 0.133. The highest BCUT2D eigenvalue weighted by Gasteiger charge is 2.22. The lowest BCUT2D eigenvalue weighted by Gasteiger charge is -2.06. The summed E-state index contributed by atoms with van der Waals surface area (Å²) in [5.41, 5.74) is 7.41. The zero-order chi connectivity index (χ0) is 18.1. The highest BCUT2D eigenvalue weighted by Crippen LogP contribution is 2.20. The van der Waals surface area contributed by atoms with Gasteiger partial charge in [-0.05, 0) is 32.0 Å². The lowest BCUT2D eigenvalue weighted by molar-refractivity contribution is 0.0996. The molecule has 25 heavy (non-hydrogen) atoms. The SMILES string of the molecule is Cc1[nH]nc(C(N)=O)c1NC(=O)c1nnn(-c2cccc(Br)c2)c1C. The number of aromatic amines is 1. The smallest absolute Gasteiger partial charge is 0.278 e. The van der Waals surface area contributed by atoms with E-state index >= 15 is 0 Å². The van der Waals surface area contributed by atoms with Crippen molar-refractivity contribution >= 4 is 33.4 Å². The van der Waals surface area contributed by atoms with Crippen LogP contribution in [0, 0.1) is 13.8 Å². The Labute approximate surface area is 150 Å². The molecule has 0 bridgehead atoms. The summed E-state index contributed by atoms with van der Waals surface area (Å²) in [7, 11) is 0. The van der Waals surface area contributed by atoms with E-state index in [0.717, 1.165) is 10.2 Å². The number of hydrogen-bond acceptors (Lipinski definition) is 5. The number of aromatic nitrogens is 5. The van der Waals surface area contributed by atoms with Gasteiger partial charge in [-0.25, -0.2) is 4.68 Å². The average molecular weight is 404 g/mol. The summed E-state index contributed by atoms with van der Waals surface area (Å²) < 4.78 is 2.43. The van der Waals surface area contributed by atoms with Crippen LogP contribution in [0.15, 0.2) is 28.7 Å². The predicted molar refractivity (Wildman–Crippen MR) is 93.6 cm³/mol. The van der Waals surface area contributed by atoms with Gasteiger partial charge in [0.15, 0.2) is 11.4 Å². The number of halogens is 1. The second-order valence-electron chi connectivity index (χ2n) is 5.31. The molecule has 0 saturated heterocycles. The summed E-state index contributed by atoms with van der Waals surface area (Å²) in [5.74, 6) is -1.25. The quantitative estimate of drug-likeness (QED) is 0.609. The summed E-state index contributed by atoms with van der Waals surface area (Å²) in [4.78, 5) is 23.9. The molecule has 3 aromatic rings. The van der Waals surface area contributed by atoms with Crippen molar-refractivity contribution in [3.8, 4) is 5.69 Å². The number of nitrogens with one attached hydrogen (secondary N) is 2. The fourth-order valence-electron chi connectivity index (χ4n) is 2.33.